The highest BCUT2D eigenvalue weighted by atomic mass is 32.1. The molecule has 1 heterocycles. The number of thiol groups is 1. The van der Waals surface area contributed by atoms with E-state index in [1.165, 1.54) is 0 Å². The van der Waals surface area contributed by atoms with Crippen molar-refractivity contribution in [3.63, 3.8) is 0 Å². The fourth-order valence-corrected chi connectivity index (χ4v) is 5.39. The molecule has 10 heteroatoms. The molecule has 0 amide bonds. The van der Waals surface area contributed by atoms with Crippen molar-refractivity contribution in [1.82, 2.24) is 4.90 Å². The summed E-state index contributed by atoms with van der Waals surface area (Å²) >= 11 is 4.00. The SMILES string of the molecule is O=P(O)(O)C1(P(=O)(O)O)CCCN(CCS)C1. The lowest BCUT2D eigenvalue weighted by molar-refractivity contribution is 0.189. The van der Waals surface area contributed by atoms with Crippen molar-refractivity contribution in [2.24, 2.45) is 0 Å². The maximum absolute atomic E-state index is 11.5. The average molecular weight is 305 g/mol. The third-order valence-electron chi connectivity index (χ3n) is 3.03. The van der Waals surface area contributed by atoms with Gasteiger partial charge < -0.3 is 24.5 Å². The summed E-state index contributed by atoms with van der Waals surface area (Å²) in [5.41, 5.74) is 0. The molecule has 1 saturated heterocycles. The first-order valence-corrected chi connectivity index (χ1v) is 8.94. The van der Waals surface area contributed by atoms with E-state index in [1.54, 1.807) is 4.90 Å². The number of nitrogens with zero attached hydrogens (tertiary/aromatic N) is 1. The lowest BCUT2D eigenvalue weighted by atomic mass is 10.1. The normalized spacial score (nSPS) is 22.6. The van der Waals surface area contributed by atoms with Crippen LogP contribution in [0.3, 0.4) is 0 Å². The Hall–Kier alpha value is 0.610. The molecule has 0 aromatic rings. The van der Waals surface area contributed by atoms with Gasteiger partial charge in [-0.05, 0) is 19.4 Å². The van der Waals surface area contributed by atoms with E-state index in [1.807, 2.05) is 0 Å². The summed E-state index contributed by atoms with van der Waals surface area (Å²) in [6.07, 6.45) is 0.189. The van der Waals surface area contributed by atoms with Crippen molar-refractivity contribution in [3.05, 3.63) is 0 Å². The van der Waals surface area contributed by atoms with Gasteiger partial charge in [-0.25, -0.2) is 0 Å². The minimum atomic E-state index is -4.88. The molecule has 17 heavy (non-hydrogen) atoms. The van der Waals surface area contributed by atoms with E-state index in [2.05, 4.69) is 12.6 Å². The number of likely N-dealkylation sites (tertiary alicyclic amines) is 1. The molecule has 1 aliphatic heterocycles. The first-order chi connectivity index (χ1) is 7.64. The average Bonchev–Trinajstić information content (AvgIpc) is 2.15. The van der Waals surface area contributed by atoms with Gasteiger partial charge in [0, 0.05) is 18.8 Å². The van der Waals surface area contributed by atoms with Crippen LogP contribution in [-0.2, 0) is 9.13 Å². The van der Waals surface area contributed by atoms with Crippen LogP contribution in [0.4, 0.5) is 0 Å². The van der Waals surface area contributed by atoms with Gasteiger partial charge in [-0.3, -0.25) is 9.13 Å². The number of hydrogen-bond donors (Lipinski definition) is 5. The summed E-state index contributed by atoms with van der Waals surface area (Å²) in [7, 11) is -9.77. The smallest absolute Gasteiger partial charge is 0.324 e. The van der Waals surface area contributed by atoms with Gasteiger partial charge in [0.05, 0.1) is 0 Å². The second-order valence-electron chi connectivity index (χ2n) is 4.17. The summed E-state index contributed by atoms with van der Waals surface area (Å²) in [6.45, 7) is 0.731. The van der Waals surface area contributed by atoms with Crippen LogP contribution in [0.5, 0.6) is 0 Å². The van der Waals surface area contributed by atoms with Gasteiger partial charge in [0.2, 0.25) is 0 Å². The fraction of sp³-hybridized carbons (Fsp3) is 1.00. The van der Waals surface area contributed by atoms with Crippen LogP contribution in [-0.4, -0.2) is 54.8 Å². The molecule has 0 bridgehead atoms. The van der Waals surface area contributed by atoms with Gasteiger partial charge in [0.1, 0.15) is 0 Å². The zero-order valence-corrected chi connectivity index (χ0v) is 11.8. The molecular weight excluding hydrogens is 288 g/mol. The Kier molecular flexibility index (Phi) is 4.89. The molecular formula is C7H17NO6P2S. The summed E-state index contributed by atoms with van der Waals surface area (Å²) in [6, 6.07) is 0. The molecule has 0 aromatic carbocycles. The molecule has 0 unspecified atom stereocenters. The predicted octanol–water partition coefficient (Wildman–Crippen LogP) is 0.0637. The monoisotopic (exact) mass is 305 g/mol. The molecule has 1 aliphatic rings. The Morgan fingerprint density at radius 2 is 1.71 bits per heavy atom. The van der Waals surface area contributed by atoms with Gasteiger partial charge in [0.15, 0.2) is 4.90 Å². The van der Waals surface area contributed by atoms with Crippen LogP contribution in [0, 0.1) is 0 Å². The lowest BCUT2D eigenvalue weighted by Crippen LogP contribution is -2.48. The van der Waals surface area contributed by atoms with Gasteiger partial charge in [-0.1, -0.05) is 0 Å². The Morgan fingerprint density at radius 3 is 2.12 bits per heavy atom. The molecule has 0 radical (unpaired) electrons. The van der Waals surface area contributed by atoms with Gasteiger partial charge in [0.25, 0.3) is 0 Å². The van der Waals surface area contributed by atoms with Gasteiger partial charge >= 0.3 is 15.2 Å². The van der Waals surface area contributed by atoms with Crippen molar-refractivity contribution < 1.29 is 28.7 Å². The van der Waals surface area contributed by atoms with E-state index in [0.29, 0.717) is 25.3 Å². The molecule has 0 spiro atoms. The number of rotatable bonds is 4. The van der Waals surface area contributed by atoms with E-state index < -0.39 is 20.1 Å². The van der Waals surface area contributed by atoms with Crippen LogP contribution in [0.25, 0.3) is 0 Å². The quantitative estimate of drug-likeness (QED) is 0.368. The Bertz CT molecular complexity index is 341. The molecule has 1 rings (SSSR count). The maximum atomic E-state index is 11.5. The minimum Gasteiger partial charge on any atom is -0.324 e. The highest BCUT2D eigenvalue weighted by molar-refractivity contribution is 7.80. The molecule has 0 aliphatic carbocycles. The van der Waals surface area contributed by atoms with E-state index in [-0.39, 0.29) is 13.0 Å². The Labute approximate surface area is 105 Å². The Morgan fingerprint density at radius 1 is 1.18 bits per heavy atom. The molecule has 7 nitrogen and oxygen atoms in total. The van der Waals surface area contributed by atoms with Crippen molar-refractivity contribution in [2.45, 2.75) is 17.7 Å². The molecule has 1 fully saturated rings. The van der Waals surface area contributed by atoms with Crippen LogP contribution in [0.1, 0.15) is 12.8 Å². The van der Waals surface area contributed by atoms with Crippen molar-refractivity contribution in [2.75, 3.05) is 25.4 Å². The van der Waals surface area contributed by atoms with Gasteiger partial charge in [-0.15, -0.1) is 0 Å². The Balaban J connectivity index is 3.09. The molecule has 0 atom stereocenters. The fourth-order valence-electron chi connectivity index (χ4n) is 2.08. The lowest BCUT2D eigenvalue weighted by Gasteiger charge is -2.42. The summed E-state index contributed by atoms with van der Waals surface area (Å²) in [5.74, 6) is 0.471. The topological polar surface area (TPSA) is 118 Å². The summed E-state index contributed by atoms with van der Waals surface area (Å²) < 4.78 is 22.9. The zero-order valence-electron chi connectivity index (χ0n) is 9.14. The van der Waals surface area contributed by atoms with Crippen molar-refractivity contribution in [3.8, 4) is 0 Å². The first kappa shape index (κ1) is 15.7. The van der Waals surface area contributed by atoms with E-state index >= 15 is 0 Å². The predicted molar refractivity (Wildman–Crippen MR) is 66.3 cm³/mol. The van der Waals surface area contributed by atoms with Crippen molar-refractivity contribution in [1.29, 1.82) is 0 Å². The second kappa shape index (κ2) is 5.31. The zero-order chi connectivity index (χ0) is 13.3. The first-order valence-electron chi connectivity index (χ1n) is 5.08. The van der Waals surface area contributed by atoms with E-state index in [0.717, 1.165) is 0 Å². The highest BCUT2D eigenvalue weighted by Gasteiger charge is 2.61. The number of piperidine rings is 1. The third kappa shape index (κ3) is 3.14. The van der Waals surface area contributed by atoms with Crippen LogP contribution in [0.15, 0.2) is 0 Å². The molecule has 0 aromatic heterocycles. The van der Waals surface area contributed by atoms with Crippen molar-refractivity contribution >= 4 is 27.8 Å². The standard InChI is InChI=1S/C7H17NO6P2S/c9-15(10,11)7(16(12,13)14)2-1-3-8(6-7)4-5-17/h17H,1-6H2,(H2,9,10,11)(H2,12,13,14). The van der Waals surface area contributed by atoms with Crippen LogP contribution < -0.4 is 0 Å². The largest absolute Gasteiger partial charge is 0.345 e. The van der Waals surface area contributed by atoms with E-state index in [9.17, 15) is 28.7 Å². The molecule has 102 valence electrons. The maximum Gasteiger partial charge on any atom is 0.345 e. The van der Waals surface area contributed by atoms with E-state index in [4.69, 9.17) is 0 Å². The third-order valence-corrected chi connectivity index (χ3v) is 7.69. The van der Waals surface area contributed by atoms with Crippen LogP contribution in [0.2, 0.25) is 0 Å². The molecule has 4 N–H and O–H groups in total. The van der Waals surface area contributed by atoms with Gasteiger partial charge in [-0.2, -0.15) is 12.6 Å². The summed E-state index contributed by atoms with van der Waals surface area (Å²) in [5, 5.41) is 0. The minimum absolute atomic E-state index is 0.162. The second-order valence-corrected chi connectivity index (χ2v) is 8.86. The van der Waals surface area contributed by atoms with Crippen LogP contribution >= 0.6 is 27.8 Å². The molecule has 0 saturated carbocycles. The highest BCUT2D eigenvalue weighted by Crippen LogP contribution is 2.71. The number of hydrogen-bond acceptors (Lipinski definition) is 4. The summed E-state index contributed by atoms with van der Waals surface area (Å²) in [4.78, 5) is 36.5.